The number of aliphatic imine (C=N–C) groups is 1. The fraction of sp³-hybridized carbons (Fsp3) is 0.526. The van der Waals surface area contributed by atoms with E-state index < -0.39 is 0 Å². The van der Waals surface area contributed by atoms with Crippen LogP contribution in [-0.4, -0.2) is 37.3 Å². The van der Waals surface area contributed by atoms with Crippen molar-refractivity contribution in [2.24, 2.45) is 10.9 Å². The van der Waals surface area contributed by atoms with Crippen molar-refractivity contribution in [1.29, 1.82) is 0 Å². The largest absolute Gasteiger partial charge is 0.493 e. The summed E-state index contributed by atoms with van der Waals surface area (Å²) in [7, 11) is 3.24. The predicted octanol–water partition coefficient (Wildman–Crippen LogP) is 3.56. The topological polar surface area (TPSA) is 63.1 Å². The Kier molecular flexibility index (Phi) is 6.26. The number of benzene rings is 1. The van der Waals surface area contributed by atoms with E-state index in [-0.39, 0.29) is 18.1 Å². The normalized spacial score (nSPS) is 24.4. The summed E-state index contributed by atoms with van der Waals surface area (Å²) in [6.07, 6.45) is 4.12. The number of aliphatic hydroxyl groups excluding tert-OH is 1. The zero-order valence-electron chi connectivity index (χ0n) is 15.0. The van der Waals surface area contributed by atoms with Crippen LogP contribution in [0.2, 0.25) is 0 Å². The lowest BCUT2D eigenvalue weighted by atomic mass is 9.85. The number of aliphatic hydroxyl groups is 1. The van der Waals surface area contributed by atoms with E-state index in [0.717, 1.165) is 36.3 Å². The lowest BCUT2D eigenvalue weighted by molar-refractivity contribution is 0.0725. The first-order valence-corrected chi connectivity index (χ1v) is 8.36. The van der Waals surface area contributed by atoms with E-state index in [1.165, 1.54) is 0 Å². The van der Waals surface area contributed by atoms with Gasteiger partial charge in [0.2, 0.25) is 0 Å². The van der Waals surface area contributed by atoms with Gasteiger partial charge in [0.25, 0.3) is 0 Å². The molecule has 1 aromatic carbocycles. The Bertz CT molecular complexity index is 613. The highest BCUT2D eigenvalue weighted by Gasteiger charge is 2.25. The first-order chi connectivity index (χ1) is 11.5. The van der Waals surface area contributed by atoms with Gasteiger partial charge in [-0.05, 0) is 49.8 Å². The molecule has 1 aliphatic rings. The van der Waals surface area contributed by atoms with Crippen molar-refractivity contribution in [2.45, 2.75) is 45.3 Å². The van der Waals surface area contributed by atoms with Crippen LogP contribution in [0.5, 0.6) is 11.5 Å². The first kappa shape index (κ1) is 18.3. The molecule has 0 aromatic heterocycles. The number of hydrogen-bond donors (Lipinski definition) is 2. The molecule has 0 radical (unpaired) electrons. The third-order valence-corrected chi connectivity index (χ3v) is 4.60. The van der Waals surface area contributed by atoms with Crippen molar-refractivity contribution in [3.63, 3.8) is 0 Å². The van der Waals surface area contributed by atoms with Crippen molar-refractivity contribution in [1.82, 2.24) is 0 Å². The smallest absolute Gasteiger partial charge is 0.162 e. The third kappa shape index (κ3) is 4.29. The number of amidine groups is 1. The van der Waals surface area contributed by atoms with E-state index in [2.05, 4.69) is 18.8 Å². The molecular formula is C19H28N2O3. The van der Waals surface area contributed by atoms with Crippen LogP contribution in [0.3, 0.4) is 0 Å². The fourth-order valence-corrected chi connectivity index (χ4v) is 3.05. The lowest BCUT2D eigenvalue weighted by Gasteiger charge is -2.29. The van der Waals surface area contributed by atoms with E-state index in [1.807, 2.05) is 19.1 Å². The Morgan fingerprint density at radius 2 is 1.96 bits per heavy atom. The second-order valence-corrected chi connectivity index (χ2v) is 6.38. The van der Waals surface area contributed by atoms with Gasteiger partial charge in [0, 0.05) is 11.8 Å². The van der Waals surface area contributed by atoms with Gasteiger partial charge in [-0.1, -0.05) is 13.5 Å². The van der Waals surface area contributed by atoms with Crippen LogP contribution in [0.1, 0.15) is 31.7 Å². The molecule has 24 heavy (non-hydrogen) atoms. The Labute approximate surface area is 144 Å². The van der Waals surface area contributed by atoms with Crippen LogP contribution in [0, 0.1) is 12.8 Å². The van der Waals surface area contributed by atoms with Gasteiger partial charge in [-0.25, -0.2) is 0 Å². The van der Waals surface area contributed by atoms with Crippen molar-refractivity contribution >= 4 is 11.5 Å². The van der Waals surface area contributed by atoms with Gasteiger partial charge in [0.1, 0.15) is 5.84 Å². The molecule has 0 spiro atoms. The van der Waals surface area contributed by atoms with Gasteiger partial charge in [-0.15, -0.1) is 0 Å². The van der Waals surface area contributed by atoms with E-state index in [1.54, 1.807) is 20.3 Å². The number of nitrogens with zero attached hydrogens (tertiary/aromatic N) is 1. The highest BCUT2D eigenvalue weighted by atomic mass is 16.5. The van der Waals surface area contributed by atoms with Crippen molar-refractivity contribution in [3.05, 3.63) is 30.4 Å². The zero-order chi connectivity index (χ0) is 17.7. The van der Waals surface area contributed by atoms with Crippen molar-refractivity contribution in [2.75, 3.05) is 19.5 Å². The van der Waals surface area contributed by atoms with Gasteiger partial charge in [0.15, 0.2) is 11.5 Å². The maximum Gasteiger partial charge on any atom is 0.162 e. The summed E-state index contributed by atoms with van der Waals surface area (Å²) in [5, 5.41) is 13.2. The third-order valence-electron chi connectivity index (χ3n) is 4.60. The van der Waals surface area contributed by atoms with Gasteiger partial charge < -0.3 is 19.9 Å². The molecule has 5 heteroatoms. The zero-order valence-corrected chi connectivity index (χ0v) is 15.0. The number of rotatable bonds is 5. The molecule has 0 amide bonds. The van der Waals surface area contributed by atoms with Crippen LogP contribution in [0.15, 0.2) is 29.8 Å². The molecule has 1 saturated carbocycles. The van der Waals surface area contributed by atoms with Gasteiger partial charge in [-0.2, -0.15) is 0 Å². The fourth-order valence-electron chi connectivity index (χ4n) is 3.05. The number of hydrogen-bond acceptors (Lipinski definition) is 4. The summed E-state index contributed by atoms with van der Waals surface area (Å²) in [5.41, 5.74) is 1.95. The lowest BCUT2D eigenvalue weighted by Crippen LogP contribution is -2.30. The van der Waals surface area contributed by atoms with Crippen LogP contribution in [0.4, 0.5) is 5.69 Å². The second kappa shape index (κ2) is 8.20. The molecule has 3 atom stereocenters. The quantitative estimate of drug-likeness (QED) is 0.639. The van der Waals surface area contributed by atoms with Crippen LogP contribution < -0.4 is 14.8 Å². The Morgan fingerprint density at radius 3 is 2.54 bits per heavy atom. The molecule has 132 valence electrons. The Morgan fingerprint density at radius 1 is 1.29 bits per heavy atom. The molecule has 0 saturated heterocycles. The highest BCUT2D eigenvalue weighted by molar-refractivity contribution is 6.04. The minimum atomic E-state index is -0.204. The summed E-state index contributed by atoms with van der Waals surface area (Å²) in [6, 6.07) is 4.05. The van der Waals surface area contributed by atoms with Gasteiger partial charge in [0.05, 0.1) is 26.4 Å². The second-order valence-electron chi connectivity index (χ2n) is 6.38. The summed E-state index contributed by atoms with van der Waals surface area (Å²) in [6.45, 7) is 7.94. The Hall–Kier alpha value is -2.01. The van der Waals surface area contributed by atoms with E-state index in [9.17, 15) is 5.11 Å². The number of anilines is 1. The average molecular weight is 332 g/mol. The minimum absolute atomic E-state index is 0.204. The van der Waals surface area contributed by atoms with E-state index in [0.29, 0.717) is 11.5 Å². The highest BCUT2D eigenvalue weighted by Crippen LogP contribution is 2.33. The van der Waals surface area contributed by atoms with E-state index in [4.69, 9.17) is 14.5 Å². The monoisotopic (exact) mass is 332 g/mol. The molecular weight excluding hydrogens is 304 g/mol. The van der Waals surface area contributed by atoms with Crippen LogP contribution in [-0.2, 0) is 0 Å². The molecule has 2 N–H and O–H groups in total. The predicted molar refractivity (Wildman–Crippen MR) is 98.3 cm³/mol. The average Bonchev–Trinajstić information content (AvgIpc) is 2.58. The SMILES string of the molecule is C=CC(=NC1CC[C@H](O)C(C)C1)Nc1cc(OC)c(OC)cc1C. The first-order valence-electron chi connectivity index (χ1n) is 8.36. The number of methoxy groups -OCH3 is 2. The molecule has 2 unspecified atom stereocenters. The summed E-state index contributed by atoms with van der Waals surface area (Å²) in [5.74, 6) is 2.39. The summed E-state index contributed by atoms with van der Waals surface area (Å²) < 4.78 is 10.7. The standard InChI is InChI=1S/C19H28N2O3/c1-6-19(20-14-7-8-16(22)13(3)9-14)21-15-11-18(24-5)17(23-4)10-12(15)2/h6,10-11,13-14,16,22H,1,7-9H2,2-5H3,(H,20,21)/t13?,14?,16-/m0/s1. The van der Waals surface area contributed by atoms with Crippen LogP contribution >= 0.6 is 0 Å². The number of ether oxygens (including phenoxy) is 2. The summed E-state index contributed by atoms with van der Waals surface area (Å²) in [4.78, 5) is 4.78. The maximum absolute atomic E-state index is 9.86. The molecule has 1 aromatic rings. The van der Waals surface area contributed by atoms with Crippen molar-refractivity contribution < 1.29 is 14.6 Å². The van der Waals surface area contributed by atoms with Gasteiger partial charge >= 0.3 is 0 Å². The molecule has 5 nitrogen and oxygen atoms in total. The van der Waals surface area contributed by atoms with E-state index >= 15 is 0 Å². The maximum atomic E-state index is 9.86. The molecule has 1 fully saturated rings. The number of nitrogens with one attached hydrogen (secondary N) is 1. The molecule has 0 heterocycles. The number of aryl methyl sites for hydroxylation is 1. The van der Waals surface area contributed by atoms with Crippen LogP contribution in [0.25, 0.3) is 0 Å². The van der Waals surface area contributed by atoms with Crippen molar-refractivity contribution in [3.8, 4) is 11.5 Å². The molecule has 2 rings (SSSR count). The molecule has 0 bridgehead atoms. The molecule has 0 aliphatic heterocycles. The summed E-state index contributed by atoms with van der Waals surface area (Å²) >= 11 is 0. The molecule has 1 aliphatic carbocycles. The minimum Gasteiger partial charge on any atom is -0.493 e. The van der Waals surface area contributed by atoms with Gasteiger partial charge in [-0.3, -0.25) is 4.99 Å². The Balaban J connectivity index is 2.18.